The molecule has 166 valence electrons. The summed E-state index contributed by atoms with van der Waals surface area (Å²) in [7, 11) is -3.54. The molecular formula is C25H27N3O3S. The van der Waals surface area contributed by atoms with Crippen molar-refractivity contribution in [2.24, 2.45) is 0 Å². The van der Waals surface area contributed by atoms with Gasteiger partial charge in [-0.1, -0.05) is 42.5 Å². The number of carbonyl (C=O) groups excluding carboxylic acids is 1. The van der Waals surface area contributed by atoms with Crippen LogP contribution >= 0.6 is 0 Å². The number of piperazine rings is 1. The minimum atomic E-state index is -3.54. The fourth-order valence-corrected chi connectivity index (χ4v) is 6.09. The topological polar surface area (TPSA) is 60.9 Å². The van der Waals surface area contributed by atoms with Crippen LogP contribution in [0.3, 0.4) is 0 Å². The van der Waals surface area contributed by atoms with Crippen molar-refractivity contribution in [3.63, 3.8) is 0 Å². The van der Waals surface area contributed by atoms with E-state index in [0.29, 0.717) is 39.1 Å². The van der Waals surface area contributed by atoms with Crippen molar-refractivity contribution in [3.8, 4) is 0 Å². The van der Waals surface area contributed by atoms with Crippen LogP contribution < -0.4 is 4.90 Å². The lowest BCUT2D eigenvalue weighted by Crippen LogP contribution is -2.48. The summed E-state index contributed by atoms with van der Waals surface area (Å²) in [5, 5.41) is 2.48. The zero-order chi connectivity index (χ0) is 22.1. The molecule has 6 nitrogen and oxygen atoms in total. The van der Waals surface area contributed by atoms with Crippen LogP contribution in [0.2, 0.25) is 0 Å². The first-order valence-corrected chi connectivity index (χ1v) is 12.6. The van der Waals surface area contributed by atoms with Crippen molar-refractivity contribution in [2.75, 3.05) is 37.6 Å². The van der Waals surface area contributed by atoms with Crippen LogP contribution in [0.4, 0.5) is 5.69 Å². The predicted molar refractivity (Wildman–Crippen MR) is 126 cm³/mol. The van der Waals surface area contributed by atoms with E-state index < -0.39 is 10.0 Å². The second-order valence-electron chi connectivity index (χ2n) is 8.46. The van der Waals surface area contributed by atoms with Crippen molar-refractivity contribution < 1.29 is 13.2 Å². The molecule has 7 heteroatoms. The number of amides is 1. The Balaban J connectivity index is 1.24. The van der Waals surface area contributed by atoms with E-state index in [1.807, 2.05) is 6.07 Å². The van der Waals surface area contributed by atoms with Crippen molar-refractivity contribution >= 4 is 32.4 Å². The second-order valence-corrected chi connectivity index (χ2v) is 10.4. The van der Waals surface area contributed by atoms with Crippen LogP contribution in [0.15, 0.2) is 71.6 Å². The van der Waals surface area contributed by atoms with Gasteiger partial charge in [0, 0.05) is 51.4 Å². The first-order valence-electron chi connectivity index (χ1n) is 11.1. The Morgan fingerprint density at radius 1 is 0.781 bits per heavy atom. The molecule has 0 saturated carbocycles. The van der Waals surface area contributed by atoms with Crippen molar-refractivity contribution in [1.82, 2.24) is 9.21 Å². The first kappa shape index (κ1) is 21.1. The Morgan fingerprint density at radius 2 is 1.50 bits per heavy atom. The van der Waals surface area contributed by atoms with Gasteiger partial charge in [0.15, 0.2) is 0 Å². The highest BCUT2D eigenvalue weighted by Gasteiger charge is 2.29. The van der Waals surface area contributed by atoms with E-state index in [-0.39, 0.29) is 10.8 Å². The number of hydrogen-bond donors (Lipinski definition) is 0. The van der Waals surface area contributed by atoms with E-state index in [9.17, 15) is 13.2 Å². The highest BCUT2D eigenvalue weighted by Crippen LogP contribution is 2.26. The van der Waals surface area contributed by atoms with Gasteiger partial charge in [0.1, 0.15) is 0 Å². The lowest BCUT2D eigenvalue weighted by atomic mass is 10.0. The molecule has 0 bridgehead atoms. The minimum Gasteiger partial charge on any atom is -0.312 e. The molecule has 3 aromatic carbocycles. The normalized spacial score (nSPS) is 18.5. The molecule has 0 aliphatic carbocycles. The molecule has 2 aliphatic heterocycles. The van der Waals surface area contributed by atoms with Crippen molar-refractivity contribution in [3.05, 3.63) is 72.3 Å². The number of anilines is 1. The molecule has 2 heterocycles. The molecule has 0 spiro atoms. The molecule has 0 radical (unpaired) electrons. The Morgan fingerprint density at radius 3 is 2.22 bits per heavy atom. The lowest BCUT2D eigenvalue weighted by Gasteiger charge is -2.34. The Labute approximate surface area is 189 Å². The predicted octanol–water partition coefficient (Wildman–Crippen LogP) is 3.47. The van der Waals surface area contributed by atoms with Crippen molar-refractivity contribution in [2.45, 2.75) is 24.3 Å². The Hall–Kier alpha value is -2.74. The third-order valence-electron chi connectivity index (χ3n) is 6.46. The number of nitrogens with zero attached hydrogens (tertiary/aromatic N) is 3. The maximum Gasteiger partial charge on any atom is 0.243 e. The molecule has 0 aromatic heterocycles. The van der Waals surface area contributed by atoms with Crippen LogP contribution in [-0.2, 0) is 21.4 Å². The van der Waals surface area contributed by atoms with Crippen LogP contribution in [0.5, 0.6) is 0 Å². The largest absolute Gasteiger partial charge is 0.312 e. The van der Waals surface area contributed by atoms with E-state index >= 15 is 0 Å². The number of rotatable bonds is 5. The molecule has 3 aromatic rings. The van der Waals surface area contributed by atoms with Gasteiger partial charge in [0.05, 0.1) is 4.90 Å². The van der Waals surface area contributed by atoms with Gasteiger partial charge < -0.3 is 4.90 Å². The zero-order valence-corrected chi connectivity index (χ0v) is 18.8. The summed E-state index contributed by atoms with van der Waals surface area (Å²) in [6, 6.07) is 21.5. The Kier molecular flexibility index (Phi) is 5.71. The quantitative estimate of drug-likeness (QED) is 0.598. The van der Waals surface area contributed by atoms with E-state index in [0.717, 1.165) is 18.7 Å². The maximum atomic E-state index is 13.2. The third-order valence-corrected chi connectivity index (χ3v) is 8.38. The average molecular weight is 450 g/mol. The lowest BCUT2D eigenvalue weighted by molar-refractivity contribution is -0.117. The summed E-state index contributed by atoms with van der Waals surface area (Å²) in [5.41, 5.74) is 2.04. The van der Waals surface area contributed by atoms with Gasteiger partial charge in [-0.05, 0) is 47.0 Å². The first-order chi connectivity index (χ1) is 15.5. The SMILES string of the molecule is O=C1CCCN1c1ccc(S(=O)(=O)N2CCN(Cc3cccc4ccccc34)CC2)cc1. The summed E-state index contributed by atoms with van der Waals surface area (Å²) in [4.78, 5) is 16.3. The van der Waals surface area contributed by atoms with Crippen LogP contribution in [0.25, 0.3) is 10.8 Å². The van der Waals surface area contributed by atoms with Gasteiger partial charge in [-0.3, -0.25) is 9.69 Å². The van der Waals surface area contributed by atoms with Gasteiger partial charge >= 0.3 is 0 Å². The van der Waals surface area contributed by atoms with Gasteiger partial charge in [-0.2, -0.15) is 4.31 Å². The number of benzene rings is 3. The van der Waals surface area contributed by atoms with Gasteiger partial charge in [0.2, 0.25) is 15.9 Å². The maximum absolute atomic E-state index is 13.2. The number of sulfonamides is 1. The van der Waals surface area contributed by atoms with E-state index in [4.69, 9.17) is 0 Å². The van der Waals surface area contributed by atoms with Crippen molar-refractivity contribution in [1.29, 1.82) is 0 Å². The Bertz CT molecular complexity index is 1230. The summed E-state index contributed by atoms with van der Waals surface area (Å²) < 4.78 is 27.9. The van der Waals surface area contributed by atoms with E-state index in [1.165, 1.54) is 16.3 Å². The van der Waals surface area contributed by atoms with Gasteiger partial charge in [0.25, 0.3) is 0 Å². The van der Waals surface area contributed by atoms with Crippen LogP contribution in [0, 0.1) is 0 Å². The molecule has 5 rings (SSSR count). The molecule has 0 unspecified atom stereocenters. The van der Waals surface area contributed by atoms with E-state index in [2.05, 4.69) is 41.3 Å². The van der Waals surface area contributed by atoms with Gasteiger partial charge in [-0.25, -0.2) is 8.42 Å². The van der Waals surface area contributed by atoms with Crippen LogP contribution in [-0.4, -0.2) is 56.3 Å². The second kappa shape index (κ2) is 8.65. The molecule has 1 amide bonds. The zero-order valence-electron chi connectivity index (χ0n) is 18.0. The van der Waals surface area contributed by atoms with Crippen LogP contribution in [0.1, 0.15) is 18.4 Å². The molecule has 0 N–H and O–H groups in total. The van der Waals surface area contributed by atoms with E-state index in [1.54, 1.807) is 33.5 Å². The number of carbonyl (C=O) groups is 1. The highest BCUT2D eigenvalue weighted by atomic mass is 32.2. The number of hydrogen-bond acceptors (Lipinski definition) is 4. The fraction of sp³-hybridized carbons (Fsp3) is 0.320. The minimum absolute atomic E-state index is 0.0999. The summed E-state index contributed by atoms with van der Waals surface area (Å²) in [6.45, 7) is 3.85. The summed E-state index contributed by atoms with van der Waals surface area (Å²) in [6.07, 6.45) is 1.41. The molecular weight excluding hydrogens is 422 g/mol. The highest BCUT2D eigenvalue weighted by molar-refractivity contribution is 7.89. The smallest absolute Gasteiger partial charge is 0.243 e. The summed E-state index contributed by atoms with van der Waals surface area (Å²) >= 11 is 0. The van der Waals surface area contributed by atoms with Gasteiger partial charge in [-0.15, -0.1) is 0 Å². The average Bonchev–Trinajstić information content (AvgIpc) is 3.26. The molecule has 0 atom stereocenters. The summed E-state index contributed by atoms with van der Waals surface area (Å²) in [5.74, 6) is 0.0999. The molecule has 32 heavy (non-hydrogen) atoms. The molecule has 2 fully saturated rings. The molecule has 2 saturated heterocycles. The standard InChI is InChI=1S/C25H27N3O3S/c29-25-9-4-14-28(25)22-10-12-23(13-11-22)32(30,31)27-17-15-26(16-18-27)19-21-7-3-6-20-5-1-2-8-24(20)21/h1-3,5-8,10-13H,4,9,14-19H2. The monoisotopic (exact) mass is 449 g/mol. The third kappa shape index (κ3) is 4.03. The molecule has 2 aliphatic rings. The fourth-order valence-electron chi connectivity index (χ4n) is 4.67. The number of fused-ring (bicyclic) bond motifs is 1.